The standard InChI is InChI=1S/C15H13ClN2O2/c1-8-13(9(2)19)14(12(7-17)15(20)18-8)10-3-5-11(16)6-4-10/h3-6,12,14H,1-2H3,(H,18,20). The molecule has 1 heterocycles. The minimum absolute atomic E-state index is 0.150. The topological polar surface area (TPSA) is 70.0 Å². The van der Waals surface area contributed by atoms with Crippen molar-refractivity contribution in [3.8, 4) is 6.07 Å². The second-order valence-electron chi connectivity index (χ2n) is 4.72. The van der Waals surface area contributed by atoms with Gasteiger partial charge in [0.1, 0.15) is 5.92 Å². The van der Waals surface area contributed by atoms with E-state index in [-0.39, 0.29) is 11.7 Å². The smallest absolute Gasteiger partial charge is 0.242 e. The summed E-state index contributed by atoms with van der Waals surface area (Å²) in [5.41, 5.74) is 1.72. The summed E-state index contributed by atoms with van der Waals surface area (Å²) in [6.45, 7) is 3.11. The molecular weight excluding hydrogens is 276 g/mol. The molecule has 0 saturated carbocycles. The maximum atomic E-state index is 11.9. The van der Waals surface area contributed by atoms with E-state index in [9.17, 15) is 14.9 Å². The lowest BCUT2D eigenvalue weighted by molar-refractivity contribution is -0.123. The van der Waals surface area contributed by atoms with E-state index in [2.05, 4.69) is 5.32 Å². The van der Waals surface area contributed by atoms with E-state index >= 15 is 0 Å². The van der Waals surface area contributed by atoms with Gasteiger partial charge >= 0.3 is 0 Å². The van der Waals surface area contributed by atoms with Gasteiger partial charge < -0.3 is 5.32 Å². The highest BCUT2D eigenvalue weighted by atomic mass is 35.5. The minimum Gasteiger partial charge on any atom is -0.328 e. The molecule has 0 bridgehead atoms. The molecule has 0 fully saturated rings. The Kier molecular flexibility index (Phi) is 3.91. The molecule has 0 aromatic heterocycles. The van der Waals surface area contributed by atoms with Crippen LogP contribution >= 0.6 is 11.6 Å². The molecule has 0 aliphatic carbocycles. The first-order valence-electron chi connectivity index (χ1n) is 6.13. The van der Waals surface area contributed by atoms with Crippen molar-refractivity contribution in [3.63, 3.8) is 0 Å². The molecule has 0 radical (unpaired) electrons. The number of benzene rings is 1. The van der Waals surface area contributed by atoms with E-state index in [0.717, 1.165) is 5.56 Å². The first-order chi connectivity index (χ1) is 9.45. The van der Waals surface area contributed by atoms with Gasteiger partial charge in [-0.25, -0.2) is 0 Å². The predicted molar refractivity (Wildman–Crippen MR) is 74.8 cm³/mol. The molecule has 0 spiro atoms. The third kappa shape index (κ3) is 2.45. The number of carbonyl (C=O) groups excluding carboxylic acids is 2. The molecule has 1 aliphatic heterocycles. The summed E-state index contributed by atoms with van der Waals surface area (Å²) in [5.74, 6) is -2.00. The average Bonchev–Trinajstić information content (AvgIpc) is 2.38. The van der Waals surface area contributed by atoms with Gasteiger partial charge in [0, 0.05) is 22.2 Å². The van der Waals surface area contributed by atoms with E-state index in [0.29, 0.717) is 16.3 Å². The fourth-order valence-electron chi connectivity index (χ4n) is 2.53. The van der Waals surface area contributed by atoms with Gasteiger partial charge in [0.2, 0.25) is 5.91 Å². The van der Waals surface area contributed by atoms with Crippen molar-refractivity contribution in [3.05, 3.63) is 46.1 Å². The Bertz CT molecular complexity index is 641. The van der Waals surface area contributed by atoms with Crippen LogP contribution in [0.3, 0.4) is 0 Å². The molecule has 2 rings (SSSR count). The van der Waals surface area contributed by atoms with E-state index in [4.69, 9.17) is 11.6 Å². The van der Waals surface area contributed by atoms with Crippen LogP contribution < -0.4 is 5.32 Å². The van der Waals surface area contributed by atoms with E-state index in [1.165, 1.54) is 6.92 Å². The van der Waals surface area contributed by atoms with E-state index in [1.807, 2.05) is 6.07 Å². The van der Waals surface area contributed by atoms with Crippen LogP contribution in [0.4, 0.5) is 0 Å². The van der Waals surface area contributed by atoms with E-state index < -0.39 is 11.8 Å². The molecule has 1 aromatic carbocycles. The predicted octanol–water partition coefficient (Wildman–Crippen LogP) is 2.56. The van der Waals surface area contributed by atoms with Crippen LogP contribution in [-0.2, 0) is 9.59 Å². The molecule has 102 valence electrons. The van der Waals surface area contributed by atoms with Crippen LogP contribution in [0.25, 0.3) is 0 Å². The molecule has 1 aromatic rings. The first kappa shape index (κ1) is 14.3. The lowest BCUT2D eigenvalue weighted by atomic mass is 9.76. The van der Waals surface area contributed by atoms with Gasteiger partial charge in [0.25, 0.3) is 0 Å². The third-order valence-corrected chi connectivity index (χ3v) is 3.64. The quantitative estimate of drug-likeness (QED) is 0.909. The monoisotopic (exact) mass is 288 g/mol. The first-order valence-corrected chi connectivity index (χ1v) is 6.51. The second kappa shape index (κ2) is 5.48. The summed E-state index contributed by atoms with van der Waals surface area (Å²) < 4.78 is 0. The Morgan fingerprint density at radius 2 is 1.95 bits per heavy atom. The zero-order valence-electron chi connectivity index (χ0n) is 11.1. The zero-order valence-corrected chi connectivity index (χ0v) is 11.9. The van der Waals surface area contributed by atoms with Crippen molar-refractivity contribution < 1.29 is 9.59 Å². The maximum absolute atomic E-state index is 11.9. The Morgan fingerprint density at radius 3 is 2.45 bits per heavy atom. The van der Waals surface area contributed by atoms with Gasteiger partial charge in [-0.05, 0) is 31.5 Å². The van der Waals surface area contributed by atoms with Gasteiger partial charge in [-0.15, -0.1) is 0 Å². The number of nitriles is 1. The number of Topliss-reactive ketones (excluding diaryl/α,β-unsaturated/α-hetero) is 1. The highest BCUT2D eigenvalue weighted by Crippen LogP contribution is 2.37. The van der Waals surface area contributed by atoms with Crippen LogP contribution in [-0.4, -0.2) is 11.7 Å². The lowest BCUT2D eigenvalue weighted by Gasteiger charge is -2.30. The van der Waals surface area contributed by atoms with Crippen LogP contribution in [0, 0.1) is 17.2 Å². The molecule has 2 atom stereocenters. The third-order valence-electron chi connectivity index (χ3n) is 3.39. The van der Waals surface area contributed by atoms with Gasteiger partial charge in [-0.3, -0.25) is 9.59 Å². The summed E-state index contributed by atoms with van der Waals surface area (Å²) in [4.78, 5) is 23.8. The number of nitrogens with zero attached hydrogens (tertiary/aromatic N) is 1. The van der Waals surface area contributed by atoms with Gasteiger partial charge in [-0.1, -0.05) is 23.7 Å². The normalized spacial score (nSPS) is 22.2. The maximum Gasteiger partial charge on any atom is 0.242 e. The van der Waals surface area contributed by atoms with Crippen molar-refractivity contribution in [1.29, 1.82) is 5.26 Å². The van der Waals surface area contributed by atoms with Gasteiger partial charge in [-0.2, -0.15) is 5.26 Å². The van der Waals surface area contributed by atoms with Crippen molar-refractivity contribution in [1.82, 2.24) is 5.32 Å². The highest BCUT2D eigenvalue weighted by Gasteiger charge is 2.39. The zero-order chi connectivity index (χ0) is 14.9. The van der Waals surface area contributed by atoms with Crippen LogP contribution in [0.2, 0.25) is 5.02 Å². The number of halogens is 1. The Balaban J connectivity index is 2.61. The summed E-state index contributed by atoms with van der Waals surface area (Å²) in [6.07, 6.45) is 0. The average molecular weight is 289 g/mol. The fourth-order valence-corrected chi connectivity index (χ4v) is 2.65. The van der Waals surface area contributed by atoms with Gasteiger partial charge in [0.05, 0.1) is 6.07 Å². The molecule has 5 heteroatoms. The number of hydrogen-bond acceptors (Lipinski definition) is 3. The fraction of sp³-hybridized carbons (Fsp3) is 0.267. The number of allylic oxidation sites excluding steroid dienone is 2. The summed E-state index contributed by atoms with van der Waals surface area (Å²) in [7, 11) is 0. The van der Waals surface area contributed by atoms with Crippen molar-refractivity contribution in [2.45, 2.75) is 19.8 Å². The largest absolute Gasteiger partial charge is 0.328 e. The number of carbonyl (C=O) groups is 2. The Hall–Kier alpha value is -2.12. The Labute approximate surface area is 122 Å². The number of nitrogens with one attached hydrogen (secondary N) is 1. The van der Waals surface area contributed by atoms with Crippen molar-refractivity contribution in [2.24, 2.45) is 5.92 Å². The Morgan fingerprint density at radius 1 is 1.35 bits per heavy atom. The molecular formula is C15H13ClN2O2. The minimum atomic E-state index is -0.918. The number of amides is 1. The molecule has 1 N–H and O–H groups in total. The second-order valence-corrected chi connectivity index (χ2v) is 5.16. The van der Waals surface area contributed by atoms with Crippen molar-refractivity contribution in [2.75, 3.05) is 0 Å². The van der Waals surface area contributed by atoms with Crippen LogP contribution in [0.5, 0.6) is 0 Å². The lowest BCUT2D eigenvalue weighted by Crippen LogP contribution is -2.40. The summed E-state index contributed by atoms with van der Waals surface area (Å²) >= 11 is 5.85. The number of hydrogen-bond donors (Lipinski definition) is 1. The van der Waals surface area contributed by atoms with E-state index in [1.54, 1.807) is 31.2 Å². The molecule has 1 aliphatic rings. The molecule has 4 nitrogen and oxygen atoms in total. The summed E-state index contributed by atoms with van der Waals surface area (Å²) in [5, 5.41) is 12.4. The number of ketones is 1. The summed E-state index contributed by atoms with van der Waals surface area (Å²) in [6, 6.07) is 8.85. The molecule has 2 unspecified atom stereocenters. The van der Waals surface area contributed by atoms with Crippen LogP contribution in [0.15, 0.2) is 35.5 Å². The molecule has 0 saturated heterocycles. The molecule has 1 amide bonds. The number of rotatable bonds is 2. The molecule has 20 heavy (non-hydrogen) atoms. The van der Waals surface area contributed by atoms with Crippen molar-refractivity contribution >= 4 is 23.3 Å². The van der Waals surface area contributed by atoms with Gasteiger partial charge in [0.15, 0.2) is 5.78 Å². The highest BCUT2D eigenvalue weighted by molar-refractivity contribution is 6.30. The van der Waals surface area contributed by atoms with Crippen LogP contribution in [0.1, 0.15) is 25.3 Å². The SMILES string of the molecule is CC(=O)C1=C(C)NC(=O)C(C#N)C1c1ccc(Cl)cc1.